The van der Waals surface area contributed by atoms with Crippen LogP contribution >= 0.6 is 0 Å². The van der Waals surface area contributed by atoms with E-state index in [1.165, 1.54) is 18.2 Å². The van der Waals surface area contributed by atoms with Crippen LogP contribution in [0.3, 0.4) is 0 Å². The predicted molar refractivity (Wildman–Crippen MR) is 93.2 cm³/mol. The highest BCUT2D eigenvalue weighted by Gasteiger charge is 2.35. The zero-order valence-corrected chi connectivity index (χ0v) is 13.7. The zero-order chi connectivity index (χ0) is 17.6. The minimum absolute atomic E-state index is 0.0655. The van der Waals surface area contributed by atoms with E-state index in [-0.39, 0.29) is 15.5 Å². The van der Waals surface area contributed by atoms with E-state index in [9.17, 15) is 18.5 Å². The predicted octanol–water partition coefficient (Wildman–Crippen LogP) is 4.21. The normalized spacial score (nSPS) is 14.5. The Hall–Kier alpha value is -3.19. The number of rotatable bonds is 2. The molecule has 1 heterocycles. The number of nitro benzene ring substituents is 1. The number of nitrogens with zero attached hydrogens (tertiary/aromatic N) is 2. The Labute approximate surface area is 144 Å². The van der Waals surface area contributed by atoms with Crippen LogP contribution < -0.4 is 4.90 Å². The molecule has 0 bridgehead atoms. The van der Waals surface area contributed by atoms with Gasteiger partial charge >= 0.3 is 0 Å². The Morgan fingerprint density at radius 1 is 0.800 bits per heavy atom. The van der Waals surface area contributed by atoms with Crippen molar-refractivity contribution in [3.8, 4) is 0 Å². The standard InChI is InChI=1S/C18H12N2O4S/c21-20(22)14-10-11-16-18(12-14)25(23,24)17-9-5-4-8-15(17)19(16)13-6-2-1-3-7-13/h1-12H. The molecule has 1 aliphatic heterocycles. The highest BCUT2D eigenvalue weighted by molar-refractivity contribution is 7.92. The van der Waals surface area contributed by atoms with Crippen molar-refractivity contribution in [1.29, 1.82) is 0 Å². The second kappa shape index (κ2) is 5.42. The Morgan fingerprint density at radius 2 is 1.44 bits per heavy atom. The second-order valence-corrected chi connectivity index (χ2v) is 7.44. The molecule has 0 atom stereocenters. The van der Waals surface area contributed by atoms with Crippen molar-refractivity contribution in [2.24, 2.45) is 0 Å². The van der Waals surface area contributed by atoms with E-state index in [1.807, 2.05) is 30.3 Å². The molecule has 0 N–H and O–H groups in total. The van der Waals surface area contributed by atoms with Gasteiger partial charge in [-0.25, -0.2) is 8.42 Å². The number of para-hydroxylation sites is 2. The molecule has 25 heavy (non-hydrogen) atoms. The van der Waals surface area contributed by atoms with Crippen LogP contribution in [0.1, 0.15) is 0 Å². The first-order valence-electron chi connectivity index (χ1n) is 7.48. The molecule has 4 rings (SSSR count). The molecule has 0 amide bonds. The summed E-state index contributed by atoms with van der Waals surface area (Å²) in [6.45, 7) is 0. The van der Waals surface area contributed by atoms with E-state index in [2.05, 4.69) is 0 Å². The summed E-state index contributed by atoms with van der Waals surface area (Å²) in [5.41, 5.74) is 1.44. The van der Waals surface area contributed by atoms with E-state index in [1.54, 1.807) is 23.1 Å². The lowest BCUT2D eigenvalue weighted by molar-refractivity contribution is -0.385. The molecule has 0 fully saturated rings. The van der Waals surface area contributed by atoms with Crippen LogP contribution in [0.15, 0.2) is 82.6 Å². The molecular weight excluding hydrogens is 340 g/mol. The van der Waals surface area contributed by atoms with E-state index >= 15 is 0 Å². The van der Waals surface area contributed by atoms with Crippen molar-refractivity contribution in [3.05, 3.63) is 82.9 Å². The number of sulfone groups is 1. The molecule has 3 aromatic carbocycles. The van der Waals surface area contributed by atoms with Crippen LogP contribution in [-0.2, 0) is 9.84 Å². The third-order valence-corrected chi connectivity index (χ3v) is 5.92. The lowest BCUT2D eigenvalue weighted by Crippen LogP contribution is -2.22. The number of hydrogen-bond donors (Lipinski definition) is 0. The van der Waals surface area contributed by atoms with Gasteiger partial charge in [0.1, 0.15) is 4.90 Å². The molecule has 0 aromatic heterocycles. The number of benzene rings is 3. The SMILES string of the molecule is O=[N+]([O-])c1ccc2c(c1)S(=O)(=O)c1ccccc1N2c1ccccc1. The lowest BCUT2D eigenvalue weighted by Gasteiger charge is -2.32. The maximum absolute atomic E-state index is 13.0. The van der Waals surface area contributed by atoms with E-state index in [0.29, 0.717) is 11.4 Å². The summed E-state index contributed by atoms with van der Waals surface area (Å²) in [6.07, 6.45) is 0. The van der Waals surface area contributed by atoms with Crippen LogP contribution in [0.5, 0.6) is 0 Å². The van der Waals surface area contributed by atoms with E-state index in [0.717, 1.165) is 11.8 Å². The van der Waals surface area contributed by atoms with Crippen LogP contribution in [0, 0.1) is 10.1 Å². The molecule has 0 radical (unpaired) electrons. The molecule has 3 aromatic rings. The average Bonchev–Trinajstić information content (AvgIpc) is 2.62. The molecule has 0 unspecified atom stereocenters. The first-order valence-corrected chi connectivity index (χ1v) is 8.96. The third kappa shape index (κ3) is 2.28. The summed E-state index contributed by atoms with van der Waals surface area (Å²) < 4.78 is 26.0. The number of non-ortho nitro benzene ring substituents is 1. The zero-order valence-electron chi connectivity index (χ0n) is 12.9. The van der Waals surface area contributed by atoms with Crippen molar-refractivity contribution < 1.29 is 13.3 Å². The van der Waals surface area contributed by atoms with Gasteiger partial charge in [-0.2, -0.15) is 0 Å². The van der Waals surface area contributed by atoms with Gasteiger partial charge < -0.3 is 4.90 Å². The van der Waals surface area contributed by atoms with Crippen molar-refractivity contribution in [3.63, 3.8) is 0 Å². The fourth-order valence-electron chi connectivity index (χ4n) is 2.99. The summed E-state index contributed by atoms with van der Waals surface area (Å²) in [5, 5.41) is 11.1. The Morgan fingerprint density at radius 3 is 2.16 bits per heavy atom. The van der Waals surface area contributed by atoms with Gasteiger partial charge in [0.25, 0.3) is 5.69 Å². The van der Waals surface area contributed by atoms with Gasteiger partial charge in [-0.05, 0) is 30.3 Å². The van der Waals surface area contributed by atoms with Gasteiger partial charge in [0, 0.05) is 17.8 Å². The molecule has 0 saturated heterocycles. The first-order chi connectivity index (χ1) is 12.0. The fourth-order valence-corrected chi connectivity index (χ4v) is 4.63. The van der Waals surface area contributed by atoms with Gasteiger partial charge in [-0.1, -0.05) is 30.3 Å². The fraction of sp³-hybridized carbons (Fsp3) is 0. The monoisotopic (exact) mass is 352 g/mol. The van der Waals surface area contributed by atoms with E-state index in [4.69, 9.17) is 0 Å². The maximum atomic E-state index is 13.0. The molecule has 7 heteroatoms. The molecule has 124 valence electrons. The minimum atomic E-state index is -3.84. The maximum Gasteiger partial charge on any atom is 0.270 e. The van der Waals surface area contributed by atoms with Gasteiger partial charge in [0.15, 0.2) is 0 Å². The molecule has 0 saturated carbocycles. The largest absolute Gasteiger partial charge is 0.308 e. The van der Waals surface area contributed by atoms with Crippen molar-refractivity contribution >= 4 is 32.6 Å². The molecule has 6 nitrogen and oxygen atoms in total. The van der Waals surface area contributed by atoms with Gasteiger partial charge in [-0.15, -0.1) is 0 Å². The topological polar surface area (TPSA) is 80.5 Å². The van der Waals surface area contributed by atoms with Crippen molar-refractivity contribution in [2.75, 3.05) is 4.90 Å². The van der Waals surface area contributed by atoms with E-state index < -0.39 is 14.8 Å². The summed E-state index contributed by atoms with van der Waals surface area (Å²) in [5.74, 6) is 0. The number of nitro groups is 1. The molecular formula is C18H12N2O4S. The third-order valence-electron chi connectivity index (χ3n) is 4.09. The smallest absolute Gasteiger partial charge is 0.270 e. The first kappa shape index (κ1) is 15.3. The number of hydrogen-bond acceptors (Lipinski definition) is 5. The quantitative estimate of drug-likeness (QED) is 0.399. The average molecular weight is 352 g/mol. The van der Waals surface area contributed by atoms with Crippen molar-refractivity contribution in [2.45, 2.75) is 9.79 Å². The van der Waals surface area contributed by atoms with Gasteiger partial charge in [0.05, 0.1) is 21.2 Å². The van der Waals surface area contributed by atoms with Crippen LogP contribution in [-0.4, -0.2) is 13.3 Å². The second-order valence-electron chi connectivity index (χ2n) is 5.55. The minimum Gasteiger partial charge on any atom is -0.308 e. The van der Waals surface area contributed by atoms with Crippen LogP contribution in [0.4, 0.5) is 22.7 Å². The molecule has 0 spiro atoms. The summed E-state index contributed by atoms with van der Waals surface area (Å²) >= 11 is 0. The van der Waals surface area contributed by atoms with Crippen molar-refractivity contribution in [1.82, 2.24) is 0 Å². The lowest BCUT2D eigenvalue weighted by atomic mass is 10.1. The van der Waals surface area contributed by atoms with Crippen LogP contribution in [0.25, 0.3) is 0 Å². The number of anilines is 3. The molecule has 1 aliphatic rings. The molecule has 0 aliphatic carbocycles. The highest BCUT2D eigenvalue weighted by Crippen LogP contribution is 2.48. The van der Waals surface area contributed by atoms with Crippen LogP contribution in [0.2, 0.25) is 0 Å². The number of fused-ring (bicyclic) bond motifs is 2. The Bertz CT molecular complexity index is 1100. The summed E-state index contributed by atoms with van der Waals surface area (Å²) in [7, 11) is -3.84. The Balaban J connectivity index is 2.08. The summed E-state index contributed by atoms with van der Waals surface area (Å²) in [4.78, 5) is 12.4. The van der Waals surface area contributed by atoms with Gasteiger partial charge in [0.2, 0.25) is 9.84 Å². The highest BCUT2D eigenvalue weighted by atomic mass is 32.2. The van der Waals surface area contributed by atoms with Gasteiger partial charge in [-0.3, -0.25) is 10.1 Å². The Kier molecular flexibility index (Phi) is 3.33. The summed E-state index contributed by atoms with van der Waals surface area (Å²) in [6, 6.07) is 19.9.